The average Bonchev–Trinajstić information content (AvgIpc) is 2.11. The summed E-state index contributed by atoms with van der Waals surface area (Å²) in [6, 6.07) is 0. The van der Waals surface area contributed by atoms with Gasteiger partial charge in [-0.05, 0) is 0 Å². The minimum absolute atomic E-state index is 0.00995. The van der Waals surface area contributed by atoms with Gasteiger partial charge in [0.2, 0.25) is 0 Å². The Morgan fingerprint density at radius 1 is 1.43 bits per heavy atom. The van der Waals surface area contributed by atoms with Crippen molar-refractivity contribution < 1.29 is 21.9 Å². The fraction of sp³-hybridized carbons (Fsp3) is 1.00. The number of ether oxygens (including phenoxy) is 1. The standard InChI is InChI=1S/C6H12BrF2NO3S/c1-13-5-4-10(3-2-7)14(11,12)6(8)9/h6H,2-5H2,1H3. The molecular formula is C6H12BrF2NO3S. The first-order chi connectivity index (χ1) is 6.46. The van der Waals surface area contributed by atoms with Crippen molar-refractivity contribution in [3.8, 4) is 0 Å². The highest BCUT2D eigenvalue weighted by Crippen LogP contribution is 2.11. The van der Waals surface area contributed by atoms with Crippen molar-refractivity contribution >= 4 is 26.0 Å². The number of hydrogen-bond acceptors (Lipinski definition) is 3. The third kappa shape index (κ3) is 4.16. The molecular weight excluding hydrogens is 284 g/mol. The zero-order valence-corrected chi connectivity index (χ0v) is 10.0. The highest BCUT2D eigenvalue weighted by molar-refractivity contribution is 9.09. The number of halogens is 3. The van der Waals surface area contributed by atoms with Gasteiger partial charge in [0.1, 0.15) is 0 Å². The molecule has 0 aromatic heterocycles. The van der Waals surface area contributed by atoms with Crippen LogP contribution in [0.15, 0.2) is 0 Å². The average molecular weight is 296 g/mol. The molecule has 0 radical (unpaired) electrons. The SMILES string of the molecule is COCCN(CCBr)S(=O)(=O)C(F)F. The van der Waals surface area contributed by atoms with E-state index in [2.05, 4.69) is 20.7 Å². The van der Waals surface area contributed by atoms with E-state index in [0.29, 0.717) is 9.64 Å². The van der Waals surface area contributed by atoms with Crippen LogP contribution in [-0.4, -0.2) is 50.6 Å². The van der Waals surface area contributed by atoms with Gasteiger partial charge in [0.15, 0.2) is 0 Å². The molecule has 0 aromatic carbocycles. The van der Waals surface area contributed by atoms with Gasteiger partial charge >= 0.3 is 5.76 Å². The number of nitrogens with zero attached hydrogens (tertiary/aromatic N) is 1. The number of rotatable bonds is 7. The molecule has 0 saturated carbocycles. The molecule has 0 bridgehead atoms. The highest BCUT2D eigenvalue weighted by Gasteiger charge is 2.31. The van der Waals surface area contributed by atoms with Gasteiger partial charge in [-0.1, -0.05) is 15.9 Å². The molecule has 8 heteroatoms. The van der Waals surface area contributed by atoms with Crippen molar-refractivity contribution in [1.29, 1.82) is 0 Å². The Morgan fingerprint density at radius 3 is 2.36 bits per heavy atom. The lowest BCUT2D eigenvalue weighted by molar-refractivity contribution is 0.172. The van der Waals surface area contributed by atoms with Gasteiger partial charge in [0.05, 0.1) is 6.61 Å². The molecule has 0 N–H and O–H groups in total. The van der Waals surface area contributed by atoms with Gasteiger partial charge in [0.25, 0.3) is 10.0 Å². The minimum Gasteiger partial charge on any atom is -0.383 e. The summed E-state index contributed by atoms with van der Waals surface area (Å²) < 4.78 is 51.6. The largest absolute Gasteiger partial charge is 0.383 e. The molecule has 0 aliphatic carbocycles. The van der Waals surface area contributed by atoms with E-state index in [1.54, 1.807) is 0 Å². The van der Waals surface area contributed by atoms with Crippen LogP contribution < -0.4 is 0 Å². The first kappa shape index (κ1) is 14.2. The van der Waals surface area contributed by atoms with Crippen LogP contribution in [0.1, 0.15) is 0 Å². The summed E-state index contributed by atoms with van der Waals surface area (Å²) in [6.07, 6.45) is 0. The van der Waals surface area contributed by atoms with E-state index in [0.717, 1.165) is 0 Å². The number of hydrogen-bond donors (Lipinski definition) is 0. The molecule has 0 saturated heterocycles. The second-order valence-corrected chi connectivity index (χ2v) is 5.08. The second-order valence-electron chi connectivity index (χ2n) is 2.39. The molecule has 0 heterocycles. The monoisotopic (exact) mass is 295 g/mol. The van der Waals surface area contributed by atoms with E-state index >= 15 is 0 Å². The van der Waals surface area contributed by atoms with Crippen LogP contribution in [0.5, 0.6) is 0 Å². The summed E-state index contributed by atoms with van der Waals surface area (Å²) in [6.45, 7) is 0.0454. The maximum absolute atomic E-state index is 12.1. The first-order valence-corrected chi connectivity index (χ1v) is 6.41. The molecule has 4 nitrogen and oxygen atoms in total. The van der Waals surface area contributed by atoms with E-state index in [1.165, 1.54) is 7.11 Å². The Labute approximate surface area is 90.4 Å². The van der Waals surface area contributed by atoms with Crippen molar-refractivity contribution in [3.63, 3.8) is 0 Å². The zero-order chi connectivity index (χ0) is 11.2. The third-order valence-corrected chi connectivity index (χ3v) is 3.35. The molecule has 0 aromatic rings. The molecule has 0 atom stereocenters. The summed E-state index contributed by atoms with van der Waals surface area (Å²) in [5.41, 5.74) is 0. The van der Waals surface area contributed by atoms with E-state index in [-0.39, 0.29) is 19.7 Å². The Morgan fingerprint density at radius 2 is 2.00 bits per heavy atom. The maximum Gasteiger partial charge on any atom is 0.350 e. The normalized spacial score (nSPS) is 12.7. The predicted octanol–water partition coefficient (Wildman–Crippen LogP) is 0.882. The zero-order valence-electron chi connectivity index (χ0n) is 7.62. The van der Waals surface area contributed by atoms with Gasteiger partial charge in [-0.15, -0.1) is 0 Å². The van der Waals surface area contributed by atoms with Crippen LogP contribution in [0.2, 0.25) is 0 Å². The van der Waals surface area contributed by atoms with Gasteiger partial charge in [0, 0.05) is 25.5 Å². The molecule has 0 rings (SSSR count). The lowest BCUT2D eigenvalue weighted by Gasteiger charge is -2.19. The van der Waals surface area contributed by atoms with Crippen LogP contribution in [0.3, 0.4) is 0 Å². The topological polar surface area (TPSA) is 46.6 Å². The Bertz CT molecular complexity index is 247. The van der Waals surface area contributed by atoms with Crippen LogP contribution in [-0.2, 0) is 14.8 Å². The molecule has 0 fully saturated rings. The lowest BCUT2D eigenvalue weighted by atomic mass is 10.6. The molecule has 0 spiro atoms. The van der Waals surface area contributed by atoms with Crippen molar-refractivity contribution in [2.45, 2.75) is 5.76 Å². The first-order valence-electron chi connectivity index (χ1n) is 3.78. The summed E-state index contributed by atoms with van der Waals surface area (Å²) in [7, 11) is -3.11. The fourth-order valence-electron chi connectivity index (χ4n) is 0.766. The van der Waals surface area contributed by atoms with Gasteiger partial charge in [-0.2, -0.15) is 13.1 Å². The lowest BCUT2D eigenvalue weighted by Crippen LogP contribution is -2.38. The van der Waals surface area contributed by atoms with Crippen molar-refractivity contribution in [2.24, 2.45) is 0 Å². The van der Waals surface area contributed by atoms with Crippen molar-refractivity contribution in [1.82, 2.24) is 4.31 Å². The van der Waals surface area contributed by atoms with Crippen molar-refractivity contribution in [2.75, 3.05) is 32.1 Å². The van der Waals surface area contributed by atoms with Crippen LogP contribution in [0.4, 0.5) is 8.78 Å². The number of methoxy groups -OCH3 is 1. The van der Waals surface area contributed by atoms with Crippen LogP contribution in [0, 0.1) is 0 Å². The third-order valence-electron chi connectivity index (χ3n) is 1.46. The molecule has 0 amide bonds. The molecule has 14 heavy (non-hydrogen) atoms. The summed E-state index contributed by atoms with van der Waals surface area (Å²) in [4.78, 5) is 0. The molecule has 0 unspecified atom stereocenters. The Balaban J connectivity index is 4.47. The molecule has 86 valence electrons. The van der Waals surface area contributed by atoms with E-state index in [9.17, 15) is 17.2 Å². The van der Waals surface area contributed by atoms with Gasteiger partial charge in [-0.3, -0.25) is 0 Å². The highest BCUT2D eigenvalue weighted by atomic mass is 79.9. The predicted molar refractivity (Wildman–Crippen MR) is 52.2 cm³/mol. The Kier molecular flexibility index (Phi) is 6.75. The summed E-state index contributed by atoms with van der Waals surface area (Å²) in [5.74, 6) is -3.38. The van der Waals surface area contributed by atoms with Gasteiger partial charge < -0.3 is 4.74 Å². The van der Waals surface area contributed by atoms with Gasteiger partial charge in [-0.25, -0.2) is 8.42 Å². The molecule has 0 aliphatic heterocycles. The number of alkyl halides is 3. The molecule has 0 aliphatic rings. The fourth-order valence-corrected chi connectivity index (χ4v) is 2.33. The van der Waals surface area contributed by atoms with Crippen LogP contribution >= 0.6 is 15.9 Å². The van der Waals surface area contributed by atoms with E-state index in [1.807, 2.05) is 0 Å². The summed E-state index contributed by atoms with van der Waals surface area (Å²) in [5, 5.41) is 0.308. The summed E-state index contributed by atoms with van der Waals surface area (Å²) >= 11 is 2.99. The quantitative estimate of drug-likeness (QED) is 0.655. The maximum atomic E-state index is 12.1. The van der Waals surface area contributed by atoms with Crippen LogP contribution in [0.25, 0.3) is 0 Å². The van der Waals surface area contributed by atoms with E-state index in [4.69, 9.17) is 0 Å². The Hall–Kier alpha value is 0.210. The van der Waals surface area contributed by atoms with Crippen molar-refractivity contribution in [3.05, 3.63) is 0 Å². The number of sulfonamides is 1. The minimum atomic E-state index is -4.48. The van der Waals surface area contributed by atoms with E-state index < -0.39 is 15.8 Å². The second kappa shape index (κ2) is 6.65. The smallest absolute Gasteiger partial charge is 0.350 e.